The molecule has 6 nitrogen and oxygen atoms in total. The third-order valence-corrected chi connectivity index (χ3v) is 12.3. The quantitative estimate of drug-likeness (QED) is 0.433. The summed E-state index contributed by atoms with van der Waals surface area (Å²) in [6.45, 7) is 14.5. The Balaban J connectivity index is 1.60. The monoisotopic (exact) mass is 522 g/mol. The van der Waals surface area contributed by atoms with Gasteiger partial charge in [0.05, 0.1) is 36.9 Å². The zero-order valence-corrected chi connectivity index (χ0v) is 24.9. The molecule has 0 aromatic rings. The summed E-state index contributed by atoms with van der Waals surface area (Å²) in [6.07, 6.45) is 5.06. The van der Waals surface area contributed by atoms with Gasteiger partial charge in [0.2, 0.25) is 0 Å². The van der Waals surface area contributed by atoms with E-state index in [1.807, 2.05) is 14.2 Å². The number of carbonyl (C=O) groups is 1. The maximum absolute atomic E-state index is 13.3. The maximum atomic E-state index is 13.3. The van der Waals surface area contributed by atoms with Gasteiger partial charge in [0, 0.05) is 21.3 Å². The van der Waals surface area contributed by atoms with Gasteiger partial charge in [-0.2, -0.15) is 0 Å². The third kappa shape index (κ3) is 4.80. The van der Waals surface area contributed by atoms with E-state index in [0.29, 0.717) is 60.9 Å². The minimum Gasteiger partial charge on any atom is -0.465 e. The molecule has 0 aromatic heterocycles. The third-order valence-electron chi connectivity index (χ3n) is 12.3. The number of esters is 1. The van der Waals surface area contributed by atoms with Crippen LogP contribution < -0.4 is 0 Å². The fraction of sp³-hybridized carbons (Fsp3) is 0.968. The predicted octanol–water partition coefficient (Wildman–Crippen LogP) is 5.35. The number of fused-ring (bicyclic) bond motifs is 5. The molecule has 3 saturated carbocycles. The van der Waals surface area contributed by atoms with Crippen molar-refractivity contribution in [2.45, 2.75) is 104 Å². The molecule has 0 unspecified atom stereocenters. The summed E-state index contributed by atoms with van der Waals surface area (Å²) in [5.74, 6) is 2.80. The lowest BCUT2D eigenvalue weighted by Gasteiger charge is -2.56. The predicted molar refractivity (Wildman–Crippen MR) is 144 cm³/mol. The van der Waals surface area contributed by atoms with E-state index in [1.165, 1.54) is 12.8 Å². The largest absolute Gasteiger partial charge is 0.465 e. The van der Waals surface area contributed by atoms with Crippen molar-refractivity contribution in [3.63, 3.8) is 0 Å². The van der Waals surface area contributed by atoms with Crippen molar-refractivity contribution in [3.8, 4) is 0 Å². The fourth-order valence-corrected chi connectivity index (χ4v) is 9.84. The first-order valence-electron chi connectivity index (χ1n) is 14.9. The number of aliphatic hydroxyl groups is 1. The highest BCUT2D eigenvalue weighted by Crippen LogP contribution is 2.66. The Kier molecular flexibility index (Phi) is 8.76. The smallest absolute Gasteiger partial charge is 0.309 e. The second kappa shape index (κ2) is 11.1. The van der Waals surface area contributed by atoms with Crippen molar-refractivity contribution >= 4 is 5.97 Å². The summed E-state index contributed by atoms with van der Waals surface area (Å²) < 4.78 is 23.9. The SMILES string of the molecule is CO[C@H]([C@@H](C)[C@H]1CC[C@H]2[C@@H]3COC(=O)[C@H]4C[C@H](OC)[C@H](O)C[C@]4(C)[C@H]3CC[C@]12C)[C@H](OC)[C@@H](C)C(C)C. The second-order valence-corrected chi connectivity index (χ2v) is 13.9. The molecule has 13 atom stereocenters. The van der Waals surface area contributed by atoms with Crippen molar-refractivity contribution in [2.75, 3.05) is 27.9 Å². The lowest BCUT2D eigenvalue weighted by Crippen LogP contribution is -2.55. The van der Waals surface area contributed by atoms with Gasteiger partial charge in [0.25, 0.3) is 0 Å². The Labute approximate surface area is 225 Å². The van der Waals surface area contributed by atoms with Gasteiger partial charge in [0.1, 0.15) is 0 Å². The molecule has 0 amide bonds. The van der Waals surface area contributed by atoms with Crippen molar-refractivity contribution in [3.05, 3.63) is 0 Å². The maximum Gasteiger partial charge on any atom is 0.309 e. The molecule has 1 aliphatic heterocycles. The van der Waals surface area contributed by atoms with E-state index in [4.69, 9.17) is 18.9 Å². The van der Waals surface area contributed by atoms with Crippen LogP contribution in [0.3, 0.4) is 0 Å². The average molecular weight is 523 g/mol. The lowest BCUT2D eigenvalue weighted by molar-refractivity contribution is -0.164. The summed E-state index contributed by atoms with van der Waals surface area (Å²) in [5.41, 5.74) is -0.0672. The first kappa shape index (κ1) is 29.3. The molecule has 6 heteroatoms. The number of methoxy groups -OCH3 is 3. The van der Waals surface area contributed by atoms with Crippen LogP contribution in [0.15, 0.2) is 0 Å². The normalized spacial score (nSPS) is 45.2. The van der Waals surface area contributed by atoms with Crippen LogP contribution in [0, 0.1) is 58.2 Å². The van der Waals surface area contributed by atoms with E-state index in [2.05, 4.69) is 41.5 Å². The van der Waals surface area contributed by atoms with E-state index < -0.39 is 6.10 Å². The van der Waals surface area contributed by atoms with Crippen molar-refractivity contribution in [1.29, 1.82) is 0 Å². The Hall–Kier alpha value is -0.690. The first-order valence-corrected chi connectivity index (χ1v) is 14.9. The number of cyclic esters (lactones) is 1. The van der Waals surface area contributed by atoms with Crippen LogP contribution in [0.5, 0.6) is 0 Å². The molecule has 1 saturated heterocycles. The van der Waals surface area contributed by atoms with Crippen LogP contribution in [0.4, 0.5) is 0 Å². The summed E-state index contributed by atoms with van der Waals surface area (Å²) in [4.78, 5) is 13.3. The molecule has 0 aromatic carbocycles. The highest BCUT2D eigenvalue weighted by molar-refractivity contribution is 5.74. The number of ether oxygens (including phenoxy) is 4. The van der Waals surface area contributed by atoms with Crippen LogP contribution in [-0.4, -0.2) is 63.4 Å². The molecule has 4 rings (SSSR count). The first-order chi connectivity index (χ1) is 17.4. The average Bonchev–Trinajstić information content (AvgIpc) is 3.16. The molecular weight excluding hydrogens is 468 g/mol. The van der Waals surface area contributed by atoms with Crippen molar-refractivity contribution in [2.24, 2.45) is 58.2 Å². The Bertz CT molecular complexity index is 801. The number of hydrogen-bond acceptors (Lipinski definition) is 6. The summed E-state index contributed by atoms with van der Waals surface area (Å²) in [6, 6.07) is 0. The number of aliphatic hydroxyl groups excluding tert-OH is 1. The molecule has 37 heavy (non-hydrogen) atoms. The van der Waals surface area contributed by atoms with Gasteiger partial charge >= 0.3 is 5.97 Å². The number of carbonyl (C=O) groups excluding carboxylic acids is 1. The summed E-state index contributed by atoms with van der Waals surface area (Å²) >= 11 is 0. The topological polar surface area (TPSA) is 74.2 Å². The number of hydrogen-bond donors (Lipinski definition) is 1. The van der Waals surface area contributed by atoms with Crippen molar-refractivity contribution in [1.82, 2.24) is 0 Å². The number of rotatable bonds is 8. The molecule has 0 bridgehead atoms. The van der Waals surface area contributed by atoms with Crippen LogP contribution in [0.1, 0.15) is 80.1 Å². The zero-order valence-electron chi connectivity index (χ0n) is 24.9. The molecule has 3 aliphatic carbocycles. The van der Waals surface area contributed by atoms with Crippen LogP contribution in [0.2, 0.25) is 0 Å². The van der Waals surface area contributed by atoms with Gasteiger partial charge in [-0.15, -0.1) is 0 Å². The molecule has 1 heterocycles. The Morgan fingerprint density at radius 3 is 2.19 bits per heavy atom. The molecule has 0 spiro atoms. The molecule has 1 N–H and O–H groups in total. The Morgan fingerprint density at radius 2 is 1.59 bits per heavy atom. The zero-order chi connectivity index (χ0) is 27.3. The highest BCUT2D eigenvalue weighted by Gasteiger charge is 2.63. The van der Waals surface area contributed by atoms with Gasteiger partial charge in [-0.05, 0) is 90.8 Å². The van der Waals surface area contributed by atoms with E-state index >= 15 is 0 Å². The van der Waals surface area contributed by atoms with E-state index in [-0.39, 0.29) is 41.0 Å². The second-order valence-electron chi connectivity index (χ2n) is 13.9. The van der Waals surface area contributed by atoms with Gasteiger partial charge in [-0.3, -0.25) is 4.79 Å². The molecular formula is C31H54O6. The van der Waals surface area contributed by atoms with E-state index in [1.54, 1.807) is 7.11 Å². The lowest BCUT2D eigenvalue weighted by atomic mass is 9.48. The minimum atomic E-state index is -0.529. The summed E-state index contributed by atoms with van der Waals surface area (Å²) in [5, 5.41) is 10.9. The highest BCUT2D eigenvalue weighted by atomic mass is 16.5. The Morgan fingerprint density at radius 1 is 0.946 bits per heavy atom. The standard InChI is InChI=1S/C31H54O6/c1-17(2)18(3)27(35-8)28(36-9)19(4)21-10-11-22-20-16-37-29(33)24-14-26(34-7)25(32)15-31(24,6)23(20)12-13-30(21,22)5/h17-28,32H,10-16H2,1-9H3/t18-,19-,20-,21+,22-,23-,24+,25+,26-,27+,28+,30+,31+/m0/s1. The van der Waals surface area contributed by atoms with E-state index in [0.717, 1.165) is 12.8 Å². The molecule has 4 fully saturated rings. The molecule has 214 valence electrons. The van der Waals surface area contributed by atoms with Crippen LogP contribution in [0.25, 0.3) is 0 Å². The van der Waals surface area contributed by atoms with Crippen LogP contribution >= 0.6 is 0 Å². The molecule has 0 radical (unpaired) electrons. The van der Waals surface area contributed by atoms with Gasteiger partial charge in [-0.1, -0.05) is 41.5 Å². The van der Waals surface area contributed by atoms with Crippen LogP contribution in [-0.2, 0) is 23.7 Å². The van der Waals surface area contributed by atoms with E-state index in [9.17, 15) is 9.90 Å². The van der Waals surface area contributed by atoms with Gasteiger partial charge < -0.3 is 24.1 Å². The fourth-order valence-electron chi connectivity index (χ4n) is 9.84. The molecule has 4 aliphatic rings. The van der Waals surface area contributed by atoms with Gasteiger partial charge in [-0.25, -0.2) is 0 Å². The van der Waals surface area contributed by atoms with Crippen molar-refractivity contribution < 1.29 is 28.8 Å². The summed E-state index contributed by atoms with van der Waals surface area (Å²) in [7, 11) is 5.31. The van der Waals surface area contributed by atoms with Gasteiger partial charge in [0.15, 0.2) is 0 Å². The minimum absolute atomic E-state index is 0.0500.